The normalized spacial score (nSPS) is 22.1. The molecule has 0 bridgehead atoms. The van der Waals surface area contributed by atoms with E-state index >= 15 is 4.39 Å². The number of carbonyl (C=O) groups is 2. The van der Waals surface area contributed by atoms with Crippen LogP contribution in [-0.2, 0) is 9.47 Å². The summed E-state index contributed by atoms with van der Waals surface area (Å²) in [5, 5.41) is 7.34. The van der Waals surface area contributed by atoms with Crippen molar-refractivity contribution in [2.45, 2.75) is 63.7 Å². The first-order valence-electron chi connectivity index (χ1n) is 12.5. The minimum Gasteiger partial charge on any atom is -0.444 e. The predicted molar refractivity (Wildman–Crippen MR) is 133 cm³/mol. The van der Waals surface area contributed by atoms with Crippen LogP contribution in [0.5, 0.6) is 0 Å². The van der Waals surface area contributed by atoms with E-state index in [0.717, 1.165) is 0 Å². The quantitative estimate of drug-likeness (QED) is 0.384. The monoisotopic (exact) mass is 549 g/mol. The van der Waals surface area contributed by atoms with Crippen LogP contribution in [-0.4, -0.2) is 62.9 Å². The molecule has 2 aliphatic rings. The van der Waals surface area contributed by atoms with Crippen molar-refractivity contribution in [3.63, 3.8) is 0 Å². The zero-order chi connectivity index (χ0) is 28.1. The fraction of sp³-hybridized carbons (Fsp3) is 0.462. The first kappa shape index (κ1) is 26.7. The molecule has 0 radical (unpaired) electrons. The molecule has 1 aromatic carbocycles. The highest BCUT2D eigenvalue weighted by molar-refractivity contribution is 5.97. The van der Waals surface area contributed by atoms with Gasteiger partial charge in [0.05, 0.1) is 17.1 Å². The third kappa shape index (κ3) is 5.21. The number of hydrogen-bond acceptors (Lipinski definition) is 6. The van der Waals surface area contributed by atoms with E-state index in [-0.39, 0.29) is 48.6 Å². The lowest BCUT2D eigenvalue weighted by atomic mass is 9.97. The van der Waals surface area contributed by atoms with E-state index in [9.17, 15) is 22.8 Å². The molecule has 4 heterocycles. The Morgan fingerprint density at radius 2 is 1.85 bits per heavy atom. The van der Waals surface area contributed by atoms with Crippen LogP contribution in [0.15, 0.2) is 36.5 Å². The SMILES string of the molecule is CC(C)(C)OC(=O)N1CC[C@@H](F)[C@H](n2nc(-c3ccnc4c3[C@H](C(F)(F)F)OC(=O)N4)c3ccccc32)CC1. The van der Waals surface area contributed by atoms with Crippen LogP contribution in [0.3, 0.4) is 0 Å². The number of alkyl halides is 4. The zero-order valence-electron chi connectivity index (χ0n) is 21.5. The van der Waals surface area contributed by atoms with Crippen LogP contribution in [0.2, 0.25) is 0 Å². The highest BCUT2D eigenvalue weighted by atomic mass is 19.4. The van der Waals surface area contributed by atoms with Crippen LogP contribution >= 0.6 is 0 Å². The highest BCUT2D eigenvalue weighted by Gasteiger charge is 2.49. The lowest BCUT2D eigenvalue weighted by Gasteiger charge is -2.28. The van der Waals surface area contributed by atoms with Crippen molar-refractivity contribution in [1.82, 2.24) is 19.7 Å². The molecule has 0 aliphatic carbocycles. The molecule has 0 unspecified atom stereocenters. The number of benzene rings is 1. The minimum absolute atomic E-state index is 0.0358. The maximum absolute atomic E-state index is 15.6. The van der Waals surface area contributed by atoms with Crippen molar-refractivity contribution in [2.24, 2.45) is 0 Å². The first-order valence-corrected chi connectivity index (χ1v) is 12.5. The largest absolute Gasteiger partial charge is 0.444 e. The Morgan fingerprint density at radius 3 is 2.56 bits per heavy atom. The summed E-state index contributed by atoms with van der Waals surface area (Å²) >= 11 is 0. The number of hydrogen-bond donors (Lipinski definition) is 1. The van der Waals surface area contributed by atoms with Gasteiger partial charge in [-0.1, -0.05) is 18.2 Å². The van der Waals surface area contributed by atoms with Crippen LogP contribution in [0.4, 0.5) is 33.0 Å². The van der Waals surface area contributed by atoms with Gasteiger partial charge in [0.2, 0.25) is 6.10 Å². The molecule has 208 valence electrons. The first-order chi connectivity index (χ1) is 18.3. The van der Waals surface area contributed by atoms with Crippen LogP contribution < -0.4 is 5.32 Å². The van der Waals surface area contributed by atoms with E-state index in [1.54, 1.807) is 45.0 Å². The Kier molecular flexibility index (Phi) is 6.63. The van der Waals surface area contributed by atoms with Crippen LogP contribution in [0, 0.1) is 0 Å². The van der Waals surface area contributed by atoms with Crippen LogP contribution in [0.1, 0.15) is 51.3 Å². The number of ether oxygens (including phenoxy) is 2. The second-order valence-electron chi connectivity index (χ2n) is 10.5. The van der Waals surface area contributed by atoms with E-state index in [4.69, 9.17) is 4.74 Å². The standard InChI is InChI=1S/C26H27F4N5O4/c1-25(2,3)39-24(37)34-12-9-16(27)18(10-13-34)35-17-7-5-4-6-14(17)20(33-35)15-8-11-31-22-19(15)21(26(28,29)30)38-23(36)32-22/h4-8,11,16,18,21H,9-10,12-13H2,1-3H3,(H,31,32,36)/t16-,18-,21-/m1/s1. The van der Waals surface area contributed by atoms with E-state index in [0.29, 0.717) is 10.9 Å². The predicted octanol–water partition coefficient (Wildman–Crippen LogP) is 6.17. The molecule has 9 nitrogen and oxygen atoms in total. The number of likely N-dealkylation sites (tertiary alicyclic amines) is 1. The van der Waals surface area contributed by atoms with Gasteiger partial charge in [-0.05, 0) is 45.7 Å². The zero-order valence-corrected chi connectivity index (χ0v) is 21.5. The van der Waals surface area contributed by atoms with Gasteiger partial charge in [0, 0.05) is 30.2 Å². The van der Waals surface area contributed by atoms with Gasteiger partial charge >= 0.3 is 18.4 Å². The second kappa shape index (κ2) is 9.69. The van der Waals surface area contributed by atoms with Gasteiger partial charge < -0.3 is 14.4 Å². The highest BCUT2D eigenvalue weighted by Crippen LogP contribution is 2.46. The number of aromatic nitrogens is 3. The van der Waals surface area contributed by atoms with E-state index < -0.39 is 42.3 Å². The van der Waals surface area contributed by atoms with E-state index in [1.807, 2.05) is 0 Å². The van der Waals surface area contributed by atoms with Crippen molar-refractivity contribution in [2.75, 3.05) is 18.4 Å². The van der Waals surface area contributed by atoms with E-state index in [1.165, 1.54) is 21.8 Å². The van der Waals surface area contributed by atoms with Crippen LogP contribution in [0.25, 0.3) is 22.2 Å². The Hall–Kier alpha value is -3.90. The van der Waals surface area contributed by atoms with Crippen molar-refractivity contribution < 1.29 is 36.6 Å². The average molecular weight is 550 g/mol. The lowest BCUT2D eigenvalue weighted by molar-refractivity contribution is -0.206. The third-order valence-corrected chi connectivity index (χ3v) is 6.62. The third-order valence-electron chi connectivity index (χ3n) is 6.62. The second-order valence-corrected chi connectivity index (χ2v) is 10.5. The molecule has 1 N–H and O–H groups in total. The smallest absolute Gasteiger partial charge is 0.430 e. The van der Waals surface area contributed by atoms with Crippen molar-refractivity contribution in [1.29, 1.82) is 0 Å². The Bertz CT molecular complexity index is 1420. The van der Waals surface area contributed by atoms with Crippen molar-refractivity contribution >= 4 is 28.9 Å². The number of fused-ring (bicyclic) bond motifs is 2. The lowest BCUT2D eigenvalue weighted by Crippen LogP contribution is -2.37. The molecule has 2 aliphatic heterocycles. The van der Waals surface area contributed by atoms with Crippen molar-refractivity contribution in [3.05, 3.63) is 42.1 Å². The summed E-state index contributed by atoms with van der Waals surface area (Å²) in [6.07, 6.45) is -9.13. The Morgan fingerprint density at radius 1 is 1.13 bits per heavy atom. The molecule has 3 atom stereocenters. The summed E-state index contributed by atoms with van der Waals surface area (Å²) in [6.45, 7) is 5.61. The number of pyridine rings is 1. The number of rotatable bonds is 2. The van der Waals surface area contributed by atoms with E-state index in [2.05, 4.69) is 20.1 Å². The molecule has 1 saturated heterocycles. The summed E-state index contributed by atoms with van der Waals surface area (Å²) in [6, 6.07) is 7.40. The molecule has 1 fully saturated rings. The molecule has 2 amide bonds. The summed E-state index contributed by atoms with van der Waals surface area (Å²) in [4.78, 5) is 29.8. The van der Waals surface area contributed by atoms with Gasteiger partial charge in [0.15, 0.2) is 0 Å². The maximum atomic E-state index is 15.6. The molecule has 2 aromatic heterocycles. The molecular weight excluding hydrogens is 522 g/mol. The van der Waals surface area contributed by atoms with Gasteiger partial charge in [0.1, 0.15) is 23.3 Å². The molecule has 0 spiro atoms. The van der Waals surface area contributed by atoms with Gasteiger partial charge in [0.25, 0.3) is 0 Å². The summed E-state index contributed by atoms with van der Waals surface area (Å²) < 4.78 is 69.0. The summed E-state index contributed by atoms with van der Waals surface area (Å²) in [5.74, 6) is -0.282. The molecule has 13 heteroatoms. The van der Waals surface area contributed by atoms with Gasteiger partial charge in [-0.15, -0.1) is 0 Å². The number of amides is 2. The molecule has 0 saturated carbocycles. The fourth-order valence-corrected chi connectivity index (χ4v) is 4.95. The number of cyclic esters (lactones) is 1. The van der Waals surface area contributed by atoms with Gasteiger partial charge in [-0.2, -0.15) is 18.3 Å². The van der Waals surface area contributed by atoms with Crippen molar-refractivity contribution in [3.8, 4) is 11.3 Å². The van der Waals surface area contributed by atoms with Gasteiger partial charge in [-0.25, -0.2) is 19.0 Å². The molecule has 39 heavy (non-hydrogen) atoms. The number of nitrogens with one attached hydrogen (secondary N) is 1. The number of halogens is 4. The summed E-state index contributed by atoms with van der Waals surface area (Å²) in [5.41, 5.74) is -0.350. The summed E-state index contributed by atoms with van der Waals surface area (Å²) in [7, 11) is 0. The molecule has 5 rings (SSSR count). The maximum Gasteiger partial charge on any atom is 0.430 e. The topological polar surface area (TPSA) is 98.6 Å². The number of carbonyl (C=O) groups excluding carboxylic acids is 2. The Balaban J connectivity index is 1.57. The number of para-hydroxylation sites is 1. The number of anilines is 1. The molecule has 3 aromatic rings. The number of nitrogens with zero attached hydrogens (tertiary/aromatic N) is 4. The van der Waals surface area contributed by atoms with Gasteiger partial charge in [-0.3, -0.25) is 10.00 Å². The average Bonchev–Trinajstić information content (AvgIpc) is 3.11. The molecular formula is C26H27F4N5O4. The fourth-order valence-electron chi connectivity index (χ4n) is 4.95. The Labute approximate surface area is 221 Å². The minimum atomic E-state index is -4.90.